The van der Waals surface area contributed by atoms with Crippen molar-refractivity contribution in [3.63, 3.8) is 0 Å². The Morgan fingerprint density at radius 1 is 1.31 bits per heavy atom. The van der Waals surface area contributed by atoms with Crippen LogP contribution in [0.25, 0.3) is 0 Å². The van der Waals surface area contributed by atoms with Crippen LogP contribution in [0.2, 0.25) is 5.02 Å². The molecule has 0 fully saturated rings. The van der Waals surface area contributed by atoms with Crippen molar-refractivity contribution in [2.45, 2.75) is 33.5 Å². The number of rotatable bonds is 7. The van der Waals surface area contributed by atoms with Crippen molar-refractivity contribution in [1.82, 2.24) is 25.4 Å². The van der Waals surface area contributed by atoms with Crippen LogP contribution < -0.4 is 15.4 Å². The number of hydrogen-bond donors (Lipinski definition) is 2. The molecule has 0 atom stereocenters. The smallest absolute Gasteiger partial charge is 0.417 e. The number of hydrogen-bond acceptors (Lipinski definition) is 4. The Bertz CT molecular complexity index is 866. The summed E-state index contributed by atoms with van der Waals surface area (Å²) in [5.41, 5.74) is 2.11. The molecule has 2 rings (SSSR count). The molecule has 0 spiro atoms. The van der Waals surface area contributed by atoms with Crippen LogP contribution in [0.5, 0.6) is 5.88 Å². The van der Waals surface area contributed by atoms with E-state index in [1.54, 1.807) is 0 Å². The van der Waals surface area contributed by atoms with Gasteiger partial charge in [0.25, 0.3) is 0 Å². The van der Waals surface area contributed by atoms with Gasteiger partial charge in [0, 0.05) is 31.0 Å². The lowest BCUT2D eigenvalue weighted by Crippen LogP contribution is -2.39. The fraction of sp³-hybridized carbons (Fsp3) is 0.500. The van der Waals surface area contributed by atoms with E-state index in [0.29, 0.717) is 31.8 Å². The highest BCUT2D eigenvalue weighted by Crippen LogP contribution is 2.32. The number of pyridine rings is 1. The van der Waals surface area contributed by atoms with Gasteiger partial charge in [-0.3, -0.25) is 4.68 Å². The molecule has 0 saturated carbocycles. The number of alkyl halides is 3. The van der Waals surface area contributed by atoms with Crippen molar-refractivity contribution in [2.24, 2.45) is 12.0 Å². The predicted octanol–water partition coefficient (Wildman–Crippen LogP) is 3.24. The second-order valence-corrected chi connectivity index (χ2v) is 6.66. The van der Waals surface area contributed by atoms with E-state index in [0.717, 1.165) is 23.0 Å². The van der Waals surface area contributed by atoms with Gasteiger partial charge in [0.05, 0.1) is 24.3 Å². The highest BCUT2D eigenvalue weighted by molar-refractivity contribution is 6.31. The number of nitrogens with zero attached hydrogens (tertiary/aromatic N) is 4. The fourth-order valence-corrected chi connectivity index (χ4v) is 2.77. The van der Waals surface area contributed by atoms with Gasteiger partial charge in [-0.05, 0) is 26.8 Å². The molecule has 11 heteroatoms. The largest absolute Gasteiger partial charge is 0.475 e. The summed E-state index contributed by atoms with van der Waals surface area (Å²) in [5.74, 6) is 0.537. The van der Waals surface area contributed by atoms with E-state index in [-0.39, 0.29) is 17.5 Å². The Labute approximate surface area is 172 Å². The van der Waals surface area contributed by atoms with Gasteiger partial charge in [-0.2, -0.15) is 18.3 Å². The lowest BCUT2D eigenvalue weighted by molar-refractivity contribution is -0.137. The quantitative estimate of drug-likeness (QED) is 0.399. The van der Waals surface area contributed by atoms with Crippen molar-refractivity contribution in [2.75, 3.05) is 19.7 Å². The highest BCUT2D eigenvalue weighted by atomic mass is 35.5. The predicted molar refractivity (Wildman–Crippen MR) is 105 cm³/mol. The topological polar surface area (TPSA) is 76.4 Å². The number of halogens is 4. The lowest BCUT2D eigenvalue weighted by atomic mass is 10.2. The molecular formula is C18H24ClF3N6O. The van der Waals surface area contributed by atoms with E-state index in [1.165, 1.54) is 0 Å². The Balaban J connectivity index is 1.91. The molecule has 0 radical (unpaired) electrons. The first-order valence-electron chi connectivity index (χ1n) is 9.00. The fourth-order valence-electron chi connectivity index (χ4n) is 2.55. The molecule has 160 valence electrons. The van der Waals surface area contributed by atoms with Gasteiger partial charge in [-0.25, -0.2) is 9.98 Å². The molecule has 2 heterocycles. The minimum absolute atomic E-state index is 0.0509. The van der Waals surface area contributed by atoms with Crippen molar-refractivity contribution in [3.8, 4) is 5.88 Å². The summed E-state index contributed by atoms with van der Waals surface area (Å²) in [6, 6.07) is 0.793. The van der Waals surface area contributed by atoms with Gasteiger partial charge in [0.15, 0.2) is 5.96 Å². The number of guanidine groups is 1. The van der Waals surface area contributed by atoms with Gasteiger partial charge < -0.3 is 15.4 Å². The third kappa shape index (κ3) is 6.25. The van der Waals surface area contributed by atoms with Gasteiger partial charge in [-0.1, -0.05) is 11.6 Å². The molecule has 7 nitrogen and oxygen atoms in total. The van der Waals surface area contributed by atoms with Crippen molar-refractivity contribution in [3.05, 3.63) is 39.8 Å². The maximum atomic E-state index is 12.6. The van der Waals surface area contributed by atoms with Crippen LogP contribution in [-0.2, 0) is 19.8 Å². The van der Waals surface area contributed by atoms with Crippen molar-refractivity contribution >= 4 is 17.6 Å². The molecule has 0 bridgehead atoms. The number of aryl methyl sites for hydroxylation is 2. The summed E-state index contributed by atoms with van der Waals surface area (Å²) < 4.78 is 45.1. The molecule has 2 N–H and O–H groups in total. The Morgan fingerprint density at radius 3 is 2.59 bits per heavy atom. The number of ether oxygens (including phenoxy) is 1. The van der Waals surface area contributed by atoms with Crippen LogP contribution in [0.1, 0.15) is 29.4 Å². The maximum absolute atomic E-state index is 12.6. The van der Waals surface area contributed by atoms with E-state index in [1.807, 2.05) is 32.5 Å². The van der Waals surface area contributed by atoms with Crippen LogP contribution in [-0.4, -0.2) is 40.4 Å². The molecule has 0 amide bonds. The first kappa shape index (κ1) is 22.8. The van der Waals surface area contributed by atoms with Gasteiger partial charge in [0.1, 0.15) is 11.6 Å². The highest BCUT2D eigenvalue weighted by Gasteiger charge is 2.31. The summed E-state index contributed by atoms with van der Waals surface area (Å²) in [4.78, 5) is 8.18. The standard InChI is InChI=1S/C18H24ClF3N6O/c1-5-23-17(26-10-14-11(2)27-28(4)12(14)3)24-6-7-29-16-15(19)8-13(9-25-16)18(20,21)22/h8-9H,5-7,10H2,1-4H3,(H2,23,24,26). The third-order valence-corrected chi connectivity index (χ3v) is 4.44. The molecule has 0 aliphatic heterocycles. The molecule has 0 saturated heterocycles. The van der Waals surface area contributed by atoms with Crippen LogP contribution in [0.3, 0.4) is 0 Å². The van der Waals surface area contributed by atoms with E-state index < -0.39 is 11.7 Å². The molecule has 2 aromatic rings. The van der Waals surface area contributed by atoms with Gasteiger partial charge in [-0.15, -0.1) is 0 Å². The van der Waals surface area contributed by atoms with Crippen molar-refractivity contribution in [1.29, 1.82) is 0 Å². The monoisotopic (exact) mass is 432 g/mol. The van der Waals surface area contributed by atoms with E-state index in [2.05, 4.69) is 25.7 Å². The summed E-state index contributed by atoms with van der Waals surface area (Å²) in [5, 5.41) is 10.4. The molecule has 0 aromatic carbocycles. The van der Waals surface area contributed by atoms with Gasteiger partial charge >= 0.3 is 6.18 Å². The number of aliphatic imine (C=N–C) groups is 1. The Hall–Kier alpha value is -2.49. The zero-order chi connectivity index (χ0) is 21.6. The minimum Gasteiger partial charge on any atom is -0.475 e. The normalized spacial score (nSPS) is 12.2. The summed E-state index contributed by atoms with van der Waals surface area (Å²) in [6.07, 6.45) is -3.81. The first-order chi connectivity index (χ1) is 13.6. The van der Waals surface area contributed by atoms with E-state index in [9.17, 15) is 13.2 Å². The van der Waals surface area contributed by atoms with Crippen LogP contribution in [0.4, 0.5) is 13.2 Å². The summed E-state index contributed by atoms with van der Waals surface area (Å²) in [7, 11) is 1.89. The van der Waals surface area contributed by atoms with E-state index >= 15 is 0 Å². The second kappa shape index (κ2) is 9.82. The molecule has 0 aliphatic carbocycles. The zero-order valence-corrected chi connectivity index (χ0v) is 17.4. The number of nitrogens with one attached hydrogen (secondary N) is 2. The molecule has 29 heavy (non-hydrogen) atoms. The van der Waals surface area contributed by atoms with Crippen molar-refractivity contribution < 1.29 is 17.9 Å². The summed E-state index contributed by atoms with van der Waals surface area (Å²) >= 11 is 5.82. The molecule has 2 aromatic heterocycles. The minimum atomic E-state index is -4.50. The molecule has 0 unspecified atom stereocenters. The average molecular weight is 433 g/mol. The maximum Gasteiger partial charge on any atom is 0.417 e. The Morgan fingerprint density at radius 2 is 2.03 bits per heavy atom. The van der Waals surface area contributed by atoms with Gasteiger partial charge in [0.2, 0.25) is 5.88 Å². The Kier molecular flexibility index (Phi) is 7.72. The van der Waals surface area contributed by atoms with Crippen LogP contribution in [0, 0.1) is 13.8 Å². The zero-order valence-electron chi connectivity index (χ0n) is 16.7. The van der Waals surface area contributed by atoms with Crippen LogP contribution in [0.15, 0.2) is 17.3 Å². The molecule has 0 aliphatic rings. The average Bonchev–Trinajstić information content (AvgIpc) is 2.88. The number of aromatic nitrogens is 3. The third-order valence-electron chi connectivity index (χ3n) is 4.17. The second-order valence-electron chi connectivity index (χ2n) is 6.25. The summed E-state index contributed by atoms with van der Waals surface area (Å²) in [6.45, 7) is 7.51. The SMILES string of the molecule is CCNC(=NCc1c(C)nn(C)c1C)NCCOc1ncc(C(F)(F)F)cc1Cl. The first-order valence-corrected chi connectivity index (χ1v) is 9.38. The lowest BCUT2D eigenvalue weighted by Gasteiger charge is -2.13. The molecular weight excluding hydrogens is 409 g/mol. The van der Waals surface area contributed by atoms with Crippen LogP contribution >= 0.6 is 11.6 Å². The van der Waals surface area contributed by atoms with E-state index in [4.69, 9.17) is 16.3 Å².